The summed E-state index contributed by atoms with van der Waals surface area (Å²) in [6.45, 7) is 2.84. The van der Waals surface area contributed by atoms with Gasteiger partial charge in [0.2, 0.25) is 5.78 Å². The second-order valence-corrected chi connectivity index (χ2v) is 9.16. The number of aliphatic hydroxyl groups is 3. The number of carbonyl (C=O) groups is 3. The number of rotatable bonds is 6. The zero-order chi connectivity index (χ0) is 24.9. The fourth-order valence-electron chi connectivity index (χ4n) is 5.38. The van der Waals surface area contributed by atoms with Crippen LogP contribution in [0, 0.1) is 17.7 Å². The monoisotopic (exact) mass is 474 g/mol. The van der Waals surface area contributed by atoms with Crippen molar-refractivity contribution in [2.45, 2.75) is 51.2 Å². The summed E-state index contributed by atoms with van der Waals surface area (Å²) in [4.78, 5) is 37.9. The molecule has 1 aromatic rings. The van der Waals surface area contributed by atoms with E-state index >= 15 is 4.39 Å². The number of aromatic hydroxyl groups is 1. The lowest BCUT2D eigenvalue weighted by atomic mass is 9.60. The number of phenols is 1. The number of nitrogens with two attached hydrogens (primary N) is 1. The number of allylic oxidation sites excluding steroid dienone is 2. The quantitative estimate of drug-likeness (QED) is 0.267. The number of hydrogen-bond donors (Lipinski definition) is 6. The second-order valence-electron chi connectivity index (χ2n) is 9.16. The van der Waals surface area contributed by atoms with Crippen molar-refractivity contribution < 1.29 is 39.2 Å². The molecule has 0 heterocycles. The Morgan fingerprint density at radius 1 is 1.26 bits per heavy atom. The molecular weight excluding hydrogens is 447 g/mol. The predicted molar refractivity (Wildman–Crippen MR) is 117 cm³/mol. The first-order valence-electron chi connectivity index (χ1n) is 11.2. The highest BCUT2D eigenvalue weighted by molar-refractivity contribution is 6.24. The van der Waals surface area contributed by atoms with E-state index in [0.29, 0.717) is 6.54 Å². The maximum atomic E-state index is 15.4. The van der Waals surface area contributed by atoms with Crippen LogP contribution in [0.15, 0.2) is 28.7 Å². The summed E-state index contributed by atoms with van der Waals surface area (Å²) < 4.78 is 15.4. The van der Waals surface area contributed by atoms with Crippen LogP contribution in [0.3, 0.4) is 0 Å². The molecule has 182 valence electrons. The molecule has 9 nitrogen and oxygen atoms in total. The van der Waals surface area contributed by atoms with E-state index in [2.05, 4.69) is 5.32 Å². The summed E-state index contributed by atoms with van der Waals surface area (Å²) in [6.07, 6.45) is 1.43. The molecule has 4 rings (SSSR count). The molecule has 1 amide bonds. The lowest BCUT2D eigenvalue weighted by molar-refractivity contribution is -0.144. The van der Waals surface area contributed by atoms with Crippen LogP contribution in [0.4, 0.5) is 4.39 Å². The molecule has 0 spiro atoms. The number of unbranched alkanes of at least 4 members (excludes halogenated alkanes) is 1. The van der Waals surface area contributed by atoms with Crippen molar-refractivity contribution in [2.24, 2.45) is 17.6 Å². The molecular formula is C24H27FN2O7. The van der Waals surface area contributed by atoms with E-state index in [-0.39, 0.29) is 48.1 Å². The van der Waals surface area contributed by atoms with E-state index in [1.54, 1.807) is 0 Å². The van der Waals surface area contributed by atoms with Gasteiger partial charge in [0.25, 0.3) is 5.91 Å². The summed E-state index contributed by atoms with van der Waals surface area (Å²) in [7, 11) is 0. The van der Waals surface area contributed by atoms with E-state index in [1.165, 1.54) is 0 Å². The summed E-state index contributed by atoms with van der Waals surface area (Å²) in [5.74, 6) is -7.94. The second kappa shape index (κ2) is 8.52. The maximum Gasteiger partial charge on any atom is 0.255 e. The number of aliphatic hydroxyl groups excluding tert-OH is 2. The Bertz CT molecular complexity index is 1170. The van der Waals surface area contributed by atoms with Crippen LogP contribution in [0.2, 0.25) is 0 Å². The molecule has 0 aliphatic heterocycles. The summed E-state index contributed by atoms with van der Waals surface area (Å²) in [6, 6.07) is 1.15. The minimum atomic E-state index is -2.63. The van der Waals surface area contributed by atoms with Gasteiger partial charge in [-0.25, -0.2) is 4.39 Å². The summed E-state index contributed by atoms with van der Waals surface area (Å²) in [5.41, 5.74) is 1.26. The molecule has 3 aliphatic rings. The zero-order valence-corrected chi connectivity index (χ0v) is 18.7. The van der Waals surface area contributed by atoms with Gasteiger partial charge in [-0.05, 0) is 37.8 Å². The number of Topliss-reactive ketones (excluding diaryl/α,β-unsaturated/α-hetero) is 2. The van der Waals surface area contributed by atoms with Gasteiger partial charge in [0.15, 0.2) is 11.4 Å². The zero-order valence-electron chi connectivity index (χ0n) is 18.7. The van der Waals surface area contributed by atoms with Crippen molar-refractivity contribution in [3.63, 3.8) is 0 Å². The van der Waals surface area contributed by atoms with Crippen LogP contribution < -0.4 is 11.1 Å². The topological polar surface area (TPSA) is 170 Å². The van der Waals surface area contributed by atoms with Crippen LogP contribution in [0.5, 0.6) is 5.75 Å². The van der Waals surface area contributed by atoms with Gasteiger partial charge in [-0.15, -0.1) is 0 Å². The Morgan fingerprint density at radius 3 is 2.62 bits per heavy atom. The Balaban J connectivity index is 1.78. The molecule has 1 aromatic carbocycles. The van der Waals surface area contributed by atoms with E-state index in [4.69, 9.17) is 5.73 Å². The lowest BCUT2D eigenvalue weighted by Gasteiger charge is -2.45. The average molecular weight is 474 g/mol. The third-order valence-corrected chi connectivity index (χ3v) is 7.09. The first-order valence-corrected chi connectivity index (χ1v) is 11.2. The average Bonchev–Trinajstić information content (AvgIpc) is 2.76. The normalized spacial score (nSPS) is 26.3. The Kier molecular flexibility index (Phi) is 5.99. The van der Waals surface area contributed by atoms with Crippen LogP contribution in [0.25, 0.3) is 0 Å². The van der Waals surface area contributed by atoms with Crippen molar-refractivity contribution in [1.82, 2.24) is 5.32 Å². The van der Waals surface area contributed by atoms with Crippen molar-refractivity contribution >= 4 is 17.5 Å². The van der Waals surface area contributed by atoms with Gasteiger partial charge in [0.05, 0.1) is 5.56 Å². The number of fused-ring (bicyclic) bond motifs is 3. The van der Waals surface area contributed by atoms with Crippen molar-refractivity contribution in [1.29, 1.82) is 0 Å². The molecule has 0 saturated carbocycles. The third-order valence-electron chi connectivity index (χ3n) is 7.09. The van der Waals surface area contributed by atoms with Gasteiger partial charge in [-0.1, -0.05) is 13.3 Å². The number of amides is 1. The first-order chi connectivity index (χ1) is 16.0. The molecule has 0 radical (unpaired) electrons. The largest absolute Gasteiger partial charge is 0.511 e. The number of ketones is 2. The van der Waals surface area contributed by atoms with Crippen LogP contribution in [-0.4, -0.2) is 50.0 Å². The van der Waals surface area contributed by atoms with Crippen molar-refractivity contribution in [2.75, 3.05) is 6.54 Å². The van der Waals surface area contributed by atoms with E-state index in [9.17, 15) is 34.8 Å². The number of phenolic OH excluding ortho intramolecular Hbond substituents is 1. The fraction of sp³-hybridized carbons (Fsp3) is 0.458. The van der Waals surface area contributed by atoms with Gasteiger partial charge < -0.3 is 31.5 Å². The van der Waals surface area contributed by atoms with Gasteiger partial charge in [-0.3, -0.25) is 14.4 Å². The number of carbonyl (C=O) groups excluding carboxylic acids is 3. The van der Waals surface area contributed by atoms with Gasteiger partial charge in [0, 0.05) is 35.6 Å². The minimum absolute atomic E-state index is 0.00371. The molecule has 0 saturated heterocycles. The van der Waals surface area contributed by atoms with E-state index < -0.39 is 63.6 Å². The lowest BCUT2D eigenvalue weighted by Crippen LogP contribution is -2.57. The fourth-order valence-corrected chi connectivity index (χ4v) is 5.38. The van der Waals surface area contributed by atoms with Crippen LogP contribution >= 0.6 is 0 Å². The van der Waals surface area contributed by atoms with Gasteiger partial charge >= 0.3 is 0 Å². The summed E-state index contributed by atoms with van der Waals surface area (Å²) >= 11 is 0. The number of hydrogen-bond acceptors (Lipinski definition) is 8. The Hall–Kier alpha value is -3.24. The number of nitrogens with one attached hydrogen (secondary N) is 1. The van der Waals surface area contributed by atoms with Crippen LogP contribution in [-0.2, 0) is 22.6 Å². The predicted octanol–water partition coefficient (Wildman–Crippen LogP) is 1.61. The standard InChI is InChI=1S/C24H27FN2O7/c1-2-3-4-27-9-11-7-14(28)17-13(19(11)25)6-10-5-12-8-15(29)18(23(26)33)22(32)24(12,34)21(31)16(10)20(17)30/h7,10,12,27-29,31,34H,2-6,8-9H2,1H3,(H2,26,33)/t10?,12-,24-/m0/s1. The highest BCUT2D eigenvalue weighted by Gasteiger charge is 2.59. The highest BCUT2D eigenvalue weighted by atomic mass is 19.1. The molecule has 0 bridgehead atoms. The number of primary amides is 1. The highest BCUT2D eigenvalue weighted by Crippen LogP contribution is 2.51. The Morgan fingerprint density at radius 2 is 1.97 bits per heavy atom. The molecule has 3 aliphatic carbocycles. The third kappa shape index (κ3) is 3.40. The minimum Gasteiger partial charge on any atom is -0.511 e. The van der Waals surface area contributed by atoms with E-state index in [1.807, 2.05) is 6.92 Å². The van der Waals surface area contributed by atoms with E-state index in [0.717, 1.165) is 18.9 Å². The molecule has 0 fully saturated rings. The van der Waals surface area contributed by atoms with Crippen LogP contribution in [0.1, 0.15) is 54.1 Å². The number of halogens is 1. The van der Waals surface area contributed by atoms with Gasteiger partial charge in [-0.2, -0.15) is 0 Å². The molecule has 3 atom stereocenters. The maximum absolute atomic E-state index is 15.4. The number of benzene rings is 1. The van der Waals surface area contributed by atoms with Gasteiger partial charge in [0.1, 0.15) is 28.7 Å². The van der Waals surface area contributed by atoms with Crippen molar-refractivity contribution in [3.05, 3.63) is 51.2 Å². The Labute approximate surface area is 194 Å². The molecule has 0 aromatic heterocycles. The summed E-state index contributed by atoms with van der Waals surface area (Å²) in [5, 5.41) is 45.9. The molecule has 10 heteroatoms. The SMILES string of the molecule is CCCCNCc1cc(O)c2c(c1F)CC1C[C@H]3CC(O)=C(C(N)=O)C(=O)[C@@]3(O)C(O)=C1C2=O. The molecule has 34 heavy (non-hydrogen) atoms. The first kappa shape index (κ1) is 23.9. The molecule has 7 N–H and O–H groups in total. The molecule has 1 unspecified atom stereocenters. The van der Waals surface area contributed by atoms with Crippen molar-refractivity contribution in [3.8, 4) is 5.75 Å². The smallest absolute Gasteiger partial charge is 0.255 e.